The van der Waals surface area contributed by atoms with Crippen molar-refractivity contribution >= 4 is 6.09 Å². The standard InChI is InChI=1S/C20H31NO4/c1-20(2,3)25-19(22)21(4)10-11-24-18-12-17(13-18)15-23-14-16-8-6-5-7-9-16/h5-9,17-18H,10-15H2,1-4H3. The minimum absolute atomic E-state index is 0.289. The Morgan fingerprint density at radius 3 is 2.52 bits per heavy atom. The largest absolute Gasteiger partial charge is 0.444 e. The quantitative estimate of drug-likeness (QED) is 0.715. The zero-order valence-electron chi connectivity index (χ0n) is 15.9. The molecule has 5 heteroatoms. The van der Waals surface area contributed by atoms with E-state index in [0.717, 1.165) is 19.4 Å². The van der Waals surface area contributed by atoms with Crippen molar-refractivity contribution in [2.75, 3.05) is 26.8 Å². The van der Waals surface area contributed by atoms with Crippen molar-refractivity contribution in [2.45, 2.75) is 51.9 Å². The van der Waals surface area contributed by atoms with E-state index >= 15 is 0 Å². The van der Waals surface area contributed by atoms with Gasteiger partial charge in [-0.2, -0.15) is 0 Å². The molecule has 0 unspecified atom stereocenters. The van der Waals surface area contributed by atoms with Crippen LogP contribution in [0.3, 0.4) is 0 Å². The number of carbonyl (C=O) groups excluding carboxylic acids is 1. The first-order valence-electron chi connectivity index (χ1n) is 9.01. The van der Waals surface area contributed by atoms with Crippen LogP contribution in [-0.2, 0) is 20.8 Å². The number of hydrogen-bond donors (Lipinski definition) is 0. The molecule has 1 aromatic rings. The summed E-state index contributed by atoms with van der Waals surface area (Å²) in [4.78, 5) is 13.4. The SMILES string of the molecule is CN(CCOC1CC(COCc2ccccc2)C1)C(=O)OC(C)(C)C. The number of carbonyl (C=O) groups is 1. The van der Waals surface area contributed by atoms with Crippen molar-refractivity contribution in [1.82, 2.24) is 4.90 Å². The van der Waals surface area contributed by atoms with Crippen molar-refractivity contribution in [3.05, 3.63) is 35.9 Å². The van der Waals surface area contributed by atoms with Gasteiger partial charge in [-0.25, -0.2) is 4.79 Å². The predicted octanol–water partition coefficient (Wildman–Crippen LogP) is 3.87. The van der Waals surface area contributed by atoms with Gasteiger partial charge < -0.3 is 19.1 Å². The average molecular weight is 349 g/mol. The van der Waals surface area contributed by atoms with Gasteiger partial charge in [-0.05, 0) is 45.1 Å². The molecular formula is C20H31NO4. The Labute approximate surface area is 151 Å². The van der Waals surface area contributed by atoms with Gasteiger partial charge in [0.1, 0.15) is 5.60 Å². The van der Waals surface area contributed by atoms with Crippen LogP contribution in [-0.4, -0.2) is 49.5 Å². The number of benzene rings is 1. The lowest BCUT2D eigenvalue weighted by Gasteiger charge is -2.35. The summed E-state index contributed by atoms with van der Waals surface area (Å²) in [7, 11) is 1.73. The lowest BCUT2D eigenvalue weighted by atomic mass is 9.83. The molecule has 1 amide bonds. The summed E-state index contributed by atoms with van der Waals surface area (Å²) in [5.41, 5.74) is 0.743. The van der Waals surface area contributed by atoms with Crippen LogP contribution in [0.5, 0.6) is 0 Å². The Hall–Kier alpha value is -1.59. The van der Waals surface area contributed by atoms with Gasteiger partial charge in [0.2, 0.25) is 0 Å². The van der Waals surface area contributed by atoms with E-state index in [-0.39, 0.29) is 12.2 Å². The lowest BCUT2D eigenvalue weighted by molar-refractivity contribution is -0.0625. The number of ether oxygens (including phenoxy) is 3. The first kappa shape index (κ1) is 19.7. The van der Waals surface area contributed by atoms with Crippen LogP contribution in [0, 0.1) is 5.92 Å². The highest BCUT2D eigenvalue weighted by Gasteiger charge is 2.30. The number of amides is 1. The van der Waals surface area contributed by atoms with Crippen molar-refractivity contribution in [3.63, 3.8) is 0 Å². The molecule has 0 radical (unpaired) electrons. The highest BCUT2D eigenvalue weighted by Crippen LogP contribution is 2.30. The summed E-state index contributed by atoms with van der Waals surface area (Å²) >= 11 is 0. The maximum atomic E-state index is 11.8. The molecule has 0 atom stereocenters. The molecule has 0 heterocycles. The van der Waals surface area contributed by atoms with Gasteiger partial charge in [0, 0.05) is 13.6 Å². The third-order valence-corrected chi connectivity index (χ3v) is 4.14. The van der Waals surface area contributed by atoms with Gasteiger partial charge in [0.25, 0.3) is 0 Å². The van der Waals surface area contributed by atoms with Gasteiger partial charge in [-0.1, -0.05) is 30.3 Å². The second kappa shape index (κ2) is 9.20. The van der Waals surface area contributed by atoms with E-state index < -0.39 is 5.60 Å². The van der Waals surface area contributed by atoms with Crippen LogP contribution in [0.15, 0.2) is 30.3 Å². The minimum atomic E-state index is -0.465. The number of rotatable bonds is 8. The Morgan fingerprint density at radius 1 is 1.20 bits per heavy atom. The maximum absolute atomic E-state index is 11.8. The Bertz CT molecular complexity index is 520. The zero-order valence-corrected chi connectivity index (χ0v) is 15.9. The average Bonchev–Trinajstić information content (AvgIpc) is 2.50. The molecule has 2 rings (SSSR count). The maximum Gasteiger partial charge on any atom is 0.410 e. The second-order valence-corrected chi connectivity index (χ2v) is 7.73. The van der Waals surface area contributed by atoms with E-state index in [1.807, 2.05) is 39.0 Å². The van der Waals surface area contributed by atoms with E-state index in [1.165, 1.54) is 5.56 Å². The molecule has 5 nitrogen and oxygen atoms in total. The fourth-order valence-corrected chi connectivity index (χ4v) is 2.65. The van der Waals surface area contributed by atoms with Gasteiger partial charge in [0.15, 0.2) is 0 Å². The fourth-order valence-electron chi connectivity index (χ4n) is 2.65. The summed E-state index contributed by atoms with van der Waals surface area (Å²) in [6.45, 7) is 8.13. The predicted molar refractivity (Wildman–Crippen MR) is 97.4 cm³/mol. The number of likely N-dealkylation sites (N-methyl/N-ethyl adjacent to an activating group) is 1. The van der Waals surface area contributed by atoms with Gasteiger partial charge in [-0.3, -0.25) is 0 Å². The van der Waals surface area contributed by atoms with Crippen LogP contribution in [0.1, 0.15) is 39.2 Å². The Morgan fingerprint density at radius 2 is 1.88 bits per heavy atom. The molecule has 0 saturated heterocycles. The summed E-state index contributed by atoms with van der Waals surface area (Å²) in [6.07, 6.45) is 2.05. The lowest BCUT2D eigenvalue weighted by Crippen LogP contribution is -2.38. The zero-order chi connectivity index (χ0) is 18.3. The van der Waals surface area contributed by atoms with E-state index in [2.05, 4.69) is 12.1 Å². The van der Waals surface area contributed by atoms with E-state index in [0.29, 0.717) is 25.7 Å². The normalized spacial score (nSPS) is 20.0. The Balaban J connectivity index is 1.50. The van der Waals surface area contributed by atoms with Crippen molar-refractivity contribution in [1.29, 1.82) is 0 Å². The summed E-state index contributed by atoms with van der Waals surface area (Å²) < 4.78 is 16.9. The molecule has 1 saturated carbocycles. The molecule has 25 heavy (non-hydrogen) atoms. The summed E-state index contributed by atoms with van der Waals surface area (Å²) in [5, 5.41) is 0. The van der Waals surface area contributed by atoms with Crippen LogP contribution < -0.4 is 0 Å². The van der Waals surface area contributed by atoms with Gasteiger partial charge >= 0.3 is 6.09 Å². The molecule has 1 aromatic carbocycles. The highest BCUT2D eigenvalue weighted by molar-refractivity contribution is 5.67. The van der Waals surface area contributed by atoms with Crippen LogP contribution in [0.25, 0.3) is 0 Å². The number of nitrogens with zero attached hydrogens (tertiary/aromatic N) is 1. The van der Waals surface area contributed by atoms with Crippen molar-refractivity contribution in [3.8, 4) is 0 Å². The van der Waals surface area contributed by atoms with Gasteiger partial charge in [0.05, 0.1) is 25.9 Å². The third-order valence-electron chi connectivity index (χ3n) is 4.14. The highest BCUT2D eigenvalue weighted by atomic mass is 16.6. The van der Waals surface area contributed by atoms with Gasteiger partial charge in [-0.15, -0.1) is 0 Å². The third kappa shape index (κ3) is 7.45. The smallest absolute Gasteiger partial charge is 0.410 e. The molecule has 1 fully saturated rings. The van der Waals surface area contributed by atoms with E-state index in [9.17, 15) is 4.79 Å². The first-order chi connectivity index (χ1) is 11.8. The molecule has 0 aromatic heterocycles. The molecule has 0 N–H and O–H groups in total. The topological polar surface area (TPSA) is 48.0 Å². The fraction of sp³-hybridized carbons (Fsp3) is 0.650. The van der Waals surface area contributed by atoms with E-state index in [4.69, 9.17) is 14.2 Å². The first-order valence-corrected chi connectivity index (χ1v) is 9.01. The molecule has 140 valence electrons. The Kier molecular flexibility index (Phi) is 7.26. The van der Waals surface area contributed by atoms with Crippen LogP contribution in [0.4, 0.5) is 4.79 Å². The summed E-state index contributed by atoms with van der Waals surface area (Å²) in [6, 6.07) is 10.2. The summed E-state index contributed by atoms with van der Waals surface area (Å²) in [5.74, 6) is 0.581. The molecule has 1 aliphatic carbocycles. The van der Waals surface area contributed by atoms with Crippen molar-refractivity contribution < 1.29 is 19.0 Å². The van der Waals surface area contributed by atoms with Crippen molar-refractivity contribution in [2.24, 2.45) is 5.92 Å². The molecule has 0 aliphatic heterocycles. The van der Waals surface area contributed by atoms with Crippen LogP contribution >= 0.6 is 0 Å². The molecule has 1 aliphatic rings. The van der Waals surface area contributed by atoms with Crippen LogP contribution in [0.2, 0.25) is 0 Å². The molecule has 0 bridgehead atoms. The van der Waals surface area contributed by atoms with E-state index in [1.54, 1.807) is 11.9 Å². The molecule has 0 spiro atoms. The second-order valence-electron chi connectivity index (χ2n) is 7.73. The number of hydrogen-bond acceptors (Lipinski definition) is 4. The monoisotopic (exact) mass is 349 g/mol. The molecular weight excluding hydrogens is 318 g/mol. The minimum Gasteiger partial charge on any atom is -0.444 e.